The van der Waals surface area contributed by atoms with Crippen LogP contribution in [0.4, 0.5) is 0 Å². The molecule has 0 aromatic carbocycles. The fourth-order valence-corrected chi connectivity index (χ4v) is 2.44. The van der Waals surface area contributed by atoms with Crippen LogP contribution in [0.3, 0.4) is 0 Å². The highest BCUT2D eigenvalue weighted by Gasteiger charge is 2.20. The van der Waals surface area contributed by atoms with Gasteiger partial charge in [0.25, 0.3) is 0 Å². The molecule has 0 radical (unpaired) electrons. The van der Waals surface area contributed by atoms with Crippen LogP contribution >= 0.6 is 12.2 Å². The number of rotatable bonds is 9. The van der Waals surface area contributed by atoms with Crippen molar-refractivity contribution in [3.8, 4) is 0 Å². The number of carbonyl (C=O) groups is 1. The second kappa shape index (κ2) is 9.29. The minimum absolute atomic E-state index is 0.162. The molecule has 20 heavy (non-hydrogen) atoms. The number of hydrogen-bond acceptors (Lipinski definition) is 3. The van der Waals surface area contributed by atoms with Crippen LogP contribution < -0.4 is 5.73 Å². The van der Waals surface area contributed by atoms with Crippen molar-refractivity contribution >= 4 is 23.1 Å². The van der Waals surface area contributed by atoms with E-state index in [1.54, 1.807) is 7.11 Å². The van der Waals surface area contributed by atoms with Gasteiger partial charge in [0, 0.05) is 33.0 Å². The summed E-state index contributed by atoms with van der Waals surface area (Å²) in [6.07, 6.45) is 2.17. The van der Waals surface area contributed by atoms with Gasteiger partial charge in [-0.25, -0.2) is 0 Å². The van der Waals surface area contributed by atoms with E-state index in [0.29, 0.717) is 43.4 Å². The monoisotopic (exact) mass is 302 g/mol. The van der Waals surface area contributed by atoms with Crippen LogP contribution in [0.25, 0.3) is 0 Å². The summed E-state index contributed by atoms with van der Waals surface area (Å²) < 4.78 is 5.06. The van der Waals surface area contributed by atoms with Crippen molar-refractivity contribution < 1.29 is 9.53 Å². The van der Waals surface area contributed by atoms with E-state index in [2.05, 4.69) is 27.7 Å². The molecule has 5 heteroatoms. The number of hydrogen-bond donors (Lipinski definition) is 1. The maximum absolute atomic E-state index is 12.3. The maximum Gasteiger partial charge on any atom is 0.222 e. The zero-order valence-electron chi connectivity index (χ0n) is 13.6. The first-order chi connectivity index (χ1) is 9.15. The lowest BCUT2D eigenvalue weighted by Gasteiger charge is -2.27. The third-order valence-electron chi connectivity index (χ3n) is 3.03. The second-order valence-electron chi connectivity index (χ2n) is 6.66. The van der Waals surface area contributed by atoms with Gasteiger partial charge in [-0.15, -0.1) is 0 Å². The quantitative estimate of drug-likeness (QED) is 0.665. The zero-order valence-corrected chi connectivity index (χ0v) is 14.4. The van der Waals surface area contributed by atoms with E-state index < -0.39 is 0 Å². The highest BCUT2D eigenvalue weighted by molar-refractivity contribution is 7.80. The molecule has 1 unspecified atom stereocenters. The van der Waals surface area contributed by atoms with Gasteiger partial charge in [0.05, 0.1) is 11.6 Å². The van der Waals surface area contributed by atoms with Crippen LogP contribution in [0.5, 0.6) is 0 Å². The number of nitrogens with two attached hydrogens (primary N) is 1. The fourth-order valence-electron chi connectivity index (χ4n) is 2.35. The molecule has 0 spiro atoms. The van der Waals surface area contributed by atoms with Gasteiger partial charge in [0.1, 0.15) is 0 Å². The average Bonchev–Trinajstić information content (AvgIpc) is 2.25. The van der Waals surface area contributed by atoms with E-state index in [0.717, 1.165) is 6.42 Å². The van der Waals surface area contributed by atoms with Gasteiger partial charge in [-0.3, -0.25) is 4.79 Å². The molecule has 1 atom stereocenters. The number of amides is 1. The first-order valence-corrected chi connectivity index (χ1v) is 7.61. The van der Waals surface area contributed by atoms with Gasteiger partial charge in [-0.05, 0) is 17.8 Å². The lowest BCUT2D eigenvalue weighted by Crippen LogP contribution is -2.37. The highest BCUT2D eigenvalue weighted by Crippen LogP contribution is 2.26. The van der Waals surface area contributed by atoms with Crippen LogP contribution in [0, 0.1) is 11.3 Å². The van der Waals surface area contributed by atoms with Crippen LogP contribution in [-0.2, 0) is 9.53 Å². The zero-order chi connectivity index (χ0) is 15.8. The summed E-state index contributed by atoms with van der Waals surface area (Å²) in [5.74, 6) is 0.535. The number of nitrogens with zero attached hydrogens (tertiary/aromatic N) is 1. The molecule has 0 aliphatic heterocycles. The van der Waals surface area contributed by atoms with Crippen LogP contribution in [0.15, 0.2) is 0 Å². The molecule has 118 valence electrons. The normalized spacial score (nSPS) is 13.1. The van der Waals surface area contributed by atoms with Gasteiger partial charge in [-0.2, -0.15) is 0 Å². The SMILES string of the molecule is COCCN(CCC(N)=S)C(=O)CC(C)CC(C)(C)C. The summed E-state index contributed by atoms with van der Waals surface area (Å²) in [4.78, 5) is 14.6. The second-order valence-corrected chi connectivity index (χ2v) is 7.19. The van der Waals surface area contributed by atoms with Crippen molar-refractivity contribution in [3.05, 3.63) is 0 Å². The predicted molar refractivity (Wildman–Crippen MR) is 87.7 cm³/mol. The molecule has 0 fully saturated rings. The first-order valence-electron chi connectivity index (χ1n) is 7.20. The number of carbonyl (C=O) groups excluding carboxylic acids is 1. The van der Waals surface area contributed by atoms with Crippen molar-refractivity contribution in [2.75, 3.05) is 26.8 Å². The van der Waals surface area contributed by atoms with Crippen molar-refractivity contribution in [1.82, 2.24) is 4.90 Å². The van der Waals surface area contributed by atoms with Crippen molar-refractivity contribution in [3.63, 3.8) is 0 Å². The molecule has 0 saturated heterocycles. The standard InChI is InChI=1S/C15H30N2O2S/c1-12(11-15(2,3)4)10-14(18)17(8-9-19-5)7-6-13(16)20/h12H,6-11H2,1-5H3,(H2,16,20). The molecule has 0 aromatic rings. The molecule has 2 N–H and O–H groups in total. The Hall–Kier alpha value is -0.680. The minimum atomic E-state index is 0.162. The topological polar surface area (TPSA) is 55.6 Å². The molecule has 4 nitrogen and oxygen atoms in total. The van der Waals surface area contributed by atoms with Gasteiger partial charge in [-0.1, -0.05) is 39.9 Å². The van der Waals surface area contributed by atoms with E-state index in [1.165, 1.54) is 0 Å². The summed E-state index contributed by atoms with van der Waals surface area (Å²) in [7, 11) is 1.64. The summed E-state index contributed by atoms with van der Waals surface area (Å²) >= 11 is 4.88. The van der Waals surface area contributed by atoms with Crippen molar-refractivity contribution in [2.45, 2.75) is 47.0 Å². The Morgan fingerprint density at radius 3 is 2.40 bits per heavy atom. The molecule has 0 aliphatic rings. The Labute approximate surface area is 129 Å². The Kier molecular flexibility index (Phi) is 8.98. The largest absolute Gasteiger partial charge is 0.393 e. The fraction of sp³-hybridized carbons (Fsp3) is 0.867. The molecule has 0 heterocycles. The summed E-state index contributed by atoms with van der Waals surface area (Å²) in [6.45, 7) is 10.4. The lowest BCUT2D eigenvalue weighted by atomic mass is 9.84. The molecule has 0 aliphatic carbocycles. The summed E-state index contributed by atoms with van der Waals surface area (Å²) in [5.41, 5.74) is 5.76. The maximum atomic E-state index is 12.3. The third-order valence-corrected chi connectivity index (χ3v) is 3.23. The van der Waals surface area contributed by atoms with Gasteiger partial charge >= 0.3 is 0 Å². The van der Waals surface area contributed by atoms with E-state index in [9.17, 15) is 4.79 Å². The molecule has 0 saturated carbocycles. The van der Waals surface area contributed by atoms with Crippen LogP contribution in [-0.4, -0.2) is 42.6 Å². The molecule has 0 bridgehead atoms. The highest BCUT2D eigenvalue weighted by atomic mass is 32.1. The Morgan fingerprint density at radius 1 is 1.35 bits per heavy atom. The van der Waals surface area contributed by atoms with Crippen LogP contribution in [0.1, 0.15) is 47.0 Å². The lowest BCUT2D eigenvalue weighted by molar-refractivity contribution is -0.132. The van der Waals surface area contributed by atoms with Gasteiger partial charge in [0.15, 0.2) is 0 Å². The summed E-state index contributed by atoms with van der Waals surface area (Å²) in [6, 6.07) is 0. The van der Waals surface area contributed by atoms with Crippen molar-refractivity contribution in [2.24, 2.45) is 17.1 Å². The Balaban J connectivity index is 4.41. The molecular formula is C15H30N2O2S. The molecule has 0 rings (SSSR count). The average molecular weight is 302 g/mol. The smallest absolute Gasteiger partial charge is 0.222 e. The molecular weight excluding hydrogens is 272 g/mol. The summed E-state index contributed by atoms with van der Waals surface area (Å²) in [5, 5.41) is 0. The van der Waals surface area contributed by atoms with E-state index in [4.69, 9.17) is 22.7 Å². The number of ether oxygens (including phenoxy) is 1. The number of methoxy groups -OCH3 is 1. The first kappa shape index (κ1) is 19.3. The van der Waals surface area contributed by atoms with E-state index in [1.807, 2.05) is 4.90 Å². The van der Waals surface area contributed by atoms with E-state index >= 15 is 0 Å². The minimum Gasteiger partial charge on any atom is -0.393 e. The Morgan fingerprint density at radius 2 is 1.95 bits per heavy atom. The van der Waals surface area contributed by atoms with Gasteiger partial charge in [0.2, 0.25) is 5.91 Å². The van der Waals surface area contributed by atoms with Crippen LogP contribution in [0.2, 0.25) is 0 Å². The van der Waals surface area contributed by atoms with Crippen molar-refractivity contribution in [1.29, 1.82) is 0 Å². The third kappa shape index (κ3) is 10.1. The predicted octanol–water partition coefficient (Wildman–Crippen LogP) is 2.60. The van der Waals surface area contributed by atoms with E-state index in [-0.39, 0.29) is 11.3 Å². The molecule has 0 aromatic heterocycles. The van der Waals surface area contributed by atoms with Gasteiger partial charge < -0.3 is 15.4 Å². The molecule has 1 amide bonds. The number of thiocarbonyl (C=S) groups is 1. The Bertz CT molecular complexity index is 313.